The molecule has 0 saturated carbocycles. The fourth-order valence-corrected chi connectivity index (χ4v) is 3.59. The van der Waals surface area contributed by atoms with Crippen molar-refractivity contribution in [3.05, 3.63) is 29.3 Å². The summed E-state index contributed by atoms with van der Waals surface area (Å²) in [6.07, 6.45) is 2.30. The highest BCUT2D eigenvalue weighted by atomic mass is 35.5. The molecule has 4 nitrogen and oxygen atoms in total. The average molecular weight is 362 g/mol. The van der Waals surface area contributed by atoms with Crippen molar-refractivity contribution in [3.8, 4) is 0 Å². The van der Waals surface area contributed by atoms with Crippen LogP contribution < -0.4 is 5.32 Å². The van der Waals surface area contributed by atoms with E-state index >= 15 is 0 Å². The van der Waals surface area contributed by atoms with E-state index in [0.29, 0.717) is 5.92 Å². The first kappa shape index (κ1) is 19.2. The summed E-state index contributed by atoms with van der Waals surface area (Å²) >= 11 is 1.58. The number of benzene rings is 1. The number of halogens is 2. The van der Waals surface area contributed by atoms with Crippen LogP contribution in [-0.2, 0) is 0 Å². The lowest BCUT2D eigenvalue weighted by molar-refractivity contribution is 0.0674. The second kappa shape index (κ2) is 8.67. The standard InChI is InChI=1S/C15H19N3OS.2ClH/c1-16-8-11-3-2-6-18(9-11)15(19)12-4-5-13-14(7-12)20-10-17-13;;/h4-5,7,10-11,16H,2-3,6,8-9H2,1H3;2*1H. The molecule has 0 spiro atoms. The van der Waals surface area contributed by atoms with Gasteiger partial charge in [-0.1, -0.05) is 0 Å². The van der Waals surface area contributed by atoms with Gasteiger partial charge in [-0.2, -0.15) is 0 Å². The molecule has 22 heavy (non-hydrogen) atoms. The lowest BCUT2D eigenvalue weighted by Gasteiger charge is -2.32. The van der Waals surface area contributed by atoms with Crippen molar-refractivity contribution in [2.75, 3.05) is 26.7 Å². The van der Waals surface area contributed by atoms with Crippen LogP contribution in [0.5, 0.6) is 0 Å². The molecule has 0 radical (unpaired) electrons. The highest BCUT2D eigenvalue weighted by Crippen LogP contribution is 2.22. The van der Waals surface area contributed by atoms with Gasteiger partial charge in [0.05, 0.1) is 15.7 Å². The predicted octanol–water partition coefficient (Wildman–Crippen LogP) is 3.21. The Morgan fingerprint density at radius 3 is 3.05 bits per heavy atom. The van der Waals surface area contributed by atoms with Crippen LogP contribution in [0.1, 0.15) is 23.2 Å². The summed E-state index contributed by atoms with van der Waals surface area (Å²) in [5.41, 5.74) is 3.58. The van der Waals surface area contributed by atoms with Crippen LogP contribution in [0.4, 0.5) is 0 Å². The normalized spacial score (nSPS) is 17.7. The Morgan fingerprint density at radius 2 is 2.27 bits per heavy atom. The Balaban J connectivity index is 0.00000121. The molecule has 2 heterocycles. The van der Waals surface area contributed by atoms with E-state index in [9.17, 15) is 4.79 Å². The number of carbonyl (C=O) groups is 1. The van der Waals surface area contributed by atoms with Crippen molar-refractivity contribution in [1.82, 2.24) is 15.2 Å². The topological polar surface area (TPSA) is 45.2 Å². The molecule has 1 N–H and O–H groups in total. The highest BCUT2D eigenvalue weighted by Gasteiger charge is 2.24. The van der Waals surface area contributed by atoms with Gasteiger partial charge in [0.15, 0.2) is 0 Å². The first-order valence-electron chi connectivity index (χ1n) is 7.05. The molecule has 1 unspecified atom stereocenters. The largest absolute Gasteiger partial charge is 0.338 e. The number of nitrogens with zero attached hydrogens (tertiary/aromatic N) is 2. The summed E-state index contributed by atoms with van der Waals surface area (Å²) < 4.78 is 1.08. The summed E-state index contributed by atoms with van der Waals surface area (Å²) in [5, 5.41) is 3.21. The van der Waals surface area contributed by atoms with Gasteiger partial charge in [0.1, 0.15) is 0 Å². The second-order valence-electron chi connectivity index (χ2n) is 5.35. The Labute approximate surface area is 147 Å². The number of hydrogen-bond donors (Lipinski definition) is 1. The van der Waals surface area contributed by atoms with E-state index < -0.39 is 0 Å². The van der Waals surface area contributed by atoms with Crippen LogP contribution in [0, 0.1) is 5.92 Å². The fraction of sp³-hybridized carbons (Fsp3) is 0.467. The van der Waals surface area contributed by atoms with Gasteiger partial charge in [0, 0.05) is 18.7 Å². The van der Waals surface area contributed by atoms with Crippen molar-refractivity contribution < 1.29 is 4.79 Å². The molecule has 0 aliphatic carbocycles. The van der Waals surface area contributed by atoms with Gasteiger partial charge < -0.3 is 10.2 Å². The first-order valence-corrected chi connectivity index (χ1v) is 7.93. The monoisotopic (exact) mass is 361 g/mol. The zero-order valence-corrected chi connectivity index (χ0v) is 14.9. The number of aromatic nitrogens is 1. The fourth-order valence-electron chi connectivity index (χ4n) is 2.88. The molecule has 3 rings (SSSR count). The maximum atomic E-state index is 12.6. The van der Waals surface area contributed by atoms with Crippen LogP contribution in [0.25, 0.3) is 10.2 Å². The summed E-state index contributed by atoms with van der Waals surface area (Å²) in [6.45, 7) is 2.72. The molecule has 1 amide bonds. The number of fused-ring (bicyclic) bond motifs is 1. The van der Waals surface area contributed by atoms with Gasteiger partial charge in [-0.3, -0.25) is 4.79 Å². The van der Waals surface area contributed by atoms with Gasteiger partial charge in [0.25, 0.3) is 5.91 Å². The minimum Gasteiger partial charge on any atom is -0.338 e. The van der Waals surface area contributed by atoms with Crippen molar-refractivity contribution in [2.24, 2.45) is 5.92 Å². The third-order valence-corrected chi connectivity index (χ3v) is 4.67. The maximum Gasteiger partial charge on any atom is 0.253 e. The van der Waals surface area contributed by atoms with E-state index in [2.05, 4.69) is 10.3 Å². The Hall–Kier alpha value is -0.880. The number of thiazole rings is 1. The molecular weight excluding hydrogens is 341 g/mol. The Bertz CT molecular complexity index is 618. The van der Waals surface area contributed by atoms with Gasteiger partial charge >= 0.3 is 0 Å². The average Bonchev–Trinajstić information content (AvgIpc) is 2.94. The first-order chi connectivity index (χ1) is 9.78. The van der Waals surface area contributed by atoms with Crippen LogP contribution >= 0.6 is 36.2 Å². The molecular formula is C15H21Cl2N3OS. The molecule has 7 heteroatoms. The number of amides is 1. The lowest BCUT2D eigenvalue weighted by atomic mass is 9.97. The van der Waals surface area contributed by atoms with Crippen molar-refractivity contribution in [3.63, 3.8) is 0 Å². The van der Waals surface area contributed by atoms with Crippen molar-refractivity contribution in [1.29, 1.82) is 0 Å². The van der Waals surface area contributed by atoms with Gasteiger partial charge in [-0.15, -0.1) is 36.2 Å². The van der Waals surface area contributed by atoms with E-state index in [1.165, 1.54) is 6.42 Å². The molecule has 122 valence electrons. The zero-order chi connectivity index (χ0) is 13.9. The van der Waals surface area contributed by atoms with Crippen LogP contribution in [0.15, 0.2) is 23.7 Å². The van der Waals surface area contributed by atoms with Crippen molar-refractivity contribution in [2.45, 2.75) is 12.8 Å². The third-order valence-electron chi connectivity index (χ3n) is 3.88. The molecule has 1 aliphatic rings. The molecule has 2 aromatic rings. The Morgan fingerprint density at radius 1 is 1.45 bits per heavy atom. The number of likely N-dealkylation sites (tertiary alicyclic amines) is 1. The molecule has 1 fully saturated rings. The Kier molecular flexibility index (Phi) is 7.56. The van der Waals surface area contributed by atoms with E-state index in [-0.39, 0.29) is 30.7 Å². The zero-order valence-electron chi connectivity index (χ0n) is 12.4. The SMILES string of the molecule is CNCC1CCCN(C(=O)c2ccc3ncsc3c2)C1.Cl.Cl. The van der Waals surface area contributed by atoms with Crippen LogP contribution in [-0.4, -0.2) is 42.5 Å². The number of piperidine rings is 1. The van der Waals surface area contributed by atoms with Gasteiger partial charge in [-0.05, 0) is 50.6 Å². The molecule has 1 aliphatic heterocycles. The van der Waals surface area contributed by atoms with E-state index in [0.717, 1.165) is 41.8 Å². The molecule has 1 saturated heterocycles. The minimum absolute atomic E-state index is 0. The second-order valence-corrected chi connectivity index (χ2v) is 6.24. The molecule has 0 bridgehead atoms. The highest BCUT2D eigenvalue weighted by molar-refractivity contribution is 7.16. The maximum absolute atomic E-state index is 12.6. The van der Waals surface area contributed by atoms with Crippen LogP contribution in [0.3, 0.4) is 0 Å². The van der Waals surface area contributed by atoms with Crippen molar-refractivity contribution >= 4 is 52.3 Å². The number of carbonyl (C=O) groups excluding carboxylic acids is 1. The predicted molar refractivity (Wildman–Crippen MR) is 96.7 cm³/mol. The summed E-state index contributed by atoms with van der Waals surface area (Å²) in [7, 11) is 1.97. The molecule has 1 aromatic carbocycles. The summed E-state index contributed by atoms with van der Waals surface area (Å²) in [5.74, 6) is 0.728. The van der Waals surface area contributed by atoms with E-state index in [1.807, 2.05) is 35.7 Å². The lowest BCUT2D eigenvalue weighted by Crippen LogP contribution is -2.42. The molecule has 1 atom stereocenters. The quantitative estimate of drug-likeness (QED) is 0.912. The minimum atomic E-state index is 0. The van der Waals surface area contributed by atoms with Gasteiger partial charge in [-0.25, -0.2) is 4.98 Å². The van der Waals surface area contributed by atoms with E-state index in [4.69, 9.17) is 0 Å². The molecule has 1 aromatic heterocycles. The van der Waals surface area contributed by atoms with E-state index in [1.54, 1.807) is 11.3 Å². The third kappa shape index (κ3) is 4.10. The number of hydrogen-bond acceptors (Lipinski definition) is 4. The summed E-state index contributed by atoms with van der Waals surface area (Å²) in [4.78, 5) is 18.9. The van der Waals surface area contributed by atoms with Gasteiger partial charge in [0.2, 0.25) is 0 Å². The smallest absolute Gasteiger partial charge is 0.253 e. The number of rotatable bonds is 3. The van der Waals surface area contributed by atoms with Crippen LogP contribution in [0.2, 0.25) is 0 Å². The summed E-state index contributed by atoms with van der Waals surface area (Å²) in [6, 6.07) is 5.80. The number of nitrogens with one attached hydrogen (secondary N) is 1.